The molecule has 0 aliphatic carbocycles. The highest BCUT2D eigenvalue weighted by atomic mass is 19.4. The highest BCUT2D eigenvalue weighted by Gasteiger charge is 2.29. The molecule has 5 nitrogen and oxygen atoms in total. The summed E-state index contributed by atoms with van der Waals surface area (Å²) < 4.78 is 41.1. The van der Waals surface area contributed by atoms with E-state index in [4.69, 9.17) is 5.11 Å². The fraction of sp³-hybridized carbons (Fsp3) is 0.538. The molecule has 0 aliphatic heterocycles. The summed E-state index contributed by atoms with van der Waals surface area (Å²) in [5.74, 6) is -1.09. The van der Waals surface area contributed by atoms with Gasteiger partial charge in [-0.1, -0.05) is 6.92 Å². The largest absolute Gasteiger partial charge is 0.482 e. The number of aliphatic hydroxyl groups excluding tert-OH is 1. The molecule has 0 fully saturated rings. The molecule has 0 saturated heterocycles. The van der Waals surface area contributed by atoms with Gasteiger partial charge in [0.1, 0.15) is 0 Å². The van der Waals surface area contributed by atoms with Crippen LogP contribution in [0.1, 0.15) is 24.3 Å². The quantitative estimate of drug-likeness (QED) is 0.840. The van der Waals surface area contributed by atoms with E-state index in [1.54, 1.807) is 13.8 Å². The third-order valence-electron chi connectivity index (χ3n) is 2.88. The fourth-order valence-corrected chi connectivity index (χ4v) is 1.41. The van der Waals surface area contributed by atoms with Gasteiger partial charge in [0.05, 0.1) is 0 Å². The highest BCUT2D eigenvalue weighted by molar-refractivity contribution is 5.95. The number of carbonyl (C=O) groups is 1. The maximum Gasteiger partial charge on any atom is 0.422 e. The Morgan fingerprint density at radius 1 is 1.48 bits per heavy atom. The zero-order chi connectivity index (χ0) is 16.0. The SMILES string of the molecule is CC(CO)C(C)NC(=O)c1ncccc1OCC(F)(F)F. The predicted molar refractivity (Wildman–Crippen MR) is 69.0 cm³/mol. The Labute approximate surface area is 120 Å². The summed E-state index contributed by atoms with van der Waals surface area (Å²) in [6.45, 7) is 1.78. The lowest BCUT2D eigenvalue weighted by molar-refractivity contribution is -0.153. The molecule has 1 heterocycles. The van der Waals surface area contributed by atoms with Gasteiger partial charge in [-0.3, -0.25) is 4.79 Å². The van der Waals surface area contributed by atoms with Gasteiger partial charge < -0.3 is 15.2 Å². The van der Waals surface area contributed by atoms with Crippen molar-refractivity contribution in [3.63, 3.8) is 0 Å². The number of rotatable bonds is 6. The Balaban J connectivity index is 2.80. The van der Waals surface area contributed by atoms with Crippen molar-refractivity contribution < 1.29 is 27.8 Å². The van der Waals surface area contributed by atoms with E-state index < -0.39 is 18.7 Å². The number of amides is 1. The Morgan fingerprint density at radius 2 is 2.14 bits per heavy atom. The second-order valence-electron chi connectivity index (χ2n) is 4.68. The van der Waals surface area contributed by atoms with Crippen molar-refractivity contribution >= 4 is 5.91 Å². The zero-order valence-corrected chi connectivity index (χ0v) is 11.6. The van der Waals surface area contributed by atoms with E-state index in [9.17, 15) is 18.0 Å². The molecule has 1 rings (SSSR count). The highest BCUT2D eigenvalue weighted by Crippen LogP contribution is 2.21. The molecule has 8 heteroatoms. The van der Waals surface area contributed by atoms with Crippen molar-refractivity contribution in [1.29, 1.82) is 0 Å². The first-order chi connectivity index (χ1) is 9.74. The van der Waals surface area contributed by atoms with Gasteiger partial charge >= 0.3 is 6.18 Å². The third kappa shape index (κ3) is 5.58. The van der Waals surface area contributed by atoms with Gasteiger partial charge in [-0.2, -0.15) is 13.2 Å². The molecule has 2 N–H and O–H groups in total. The summed E-state index contributed by atoms with van der Waals surface area (Å²) in [6.07, 6.45) is -3.21. The number of hydrogen-bond donors (Lipinski definition) is 2. The molecule has 0 aliphatic rings. The minimum Gasteiger partial charge on any atom is -0.482 e. The van der Waals surface area contributed by atoms with Crippen LogP contribution < -0.4 is 10.1 Å². The number of aliphatic hydroxyl groups is 1. The zero-order valence-electron chi connectivity index (χ0n) is 11.6. The number of nitrogens with one attached hydrogen (secondary N) is 1. The Morgan fingerprint density at radius 3 is 2.71 bits per heavy atom. The second-order valence-corrected chi connectivity index (χ2v) is 4.68. The maximum atomic E-state index is 12.2. The van der Waals surface area contributed by atoms with Crippen LogP contribution in [-0.4, -0.2) is 41.4 Å². The minimum atomic E-state index is -4.50. The van der Waals surface area contributed by atoms with Crippen LogP contribution in [0.25, 0.3) is 0 Å². The molecule has 0 spiro atoms. The van der Waals surface area contributed by atoms with Crippen molar-refractivity contribution in [1.82, 2.24) is 10.3 Å². The molecule has 118 valence electrons. The third-order valence-corrected chi connectivity index (χ3v) is 2.88. The maximum absolute atomic E-state index is 12.2. The van der Waals surface area contributed by atoms with Crippen molar-refractivity contribution in [2.75, 3.05) is 13.2 Å². The second kappa shape index (κ2) is 7.26. The van der Waals surface area contributed by atoms with Crippen molar-refractivity contribution in [3.8, 4) is 5.75 Å². The van der Waals surface area contributed by atoms with Crippen molar-refractivity contribution in [2.24, 2.45) is 5.92 Å². The molecule has 21 heavy (non-hydrogen) atoms. The summed E-state index contributed by atoms with van der Waals surface area (Å²) in [4.78, 5) is 15.8. The van der Waals surface area contributed by atoms with E-state index in [-0.39, 0.29) is 30.0 Å². The molecule has 1 aromatic heterocycles. The van der Waals surface area contributed by atoms with Crippen LogP contribution in [-0.2, 0) is 0 Å². The van der Waals surface area contributed by atoms with Crippen LogP contribution in [0.4, 0.5) is 13.2 Å². The van der Waals surface area contributed by atoms with Gasteiger partial charge in [-0.25, -0.2) is 4.98 Å². The predicted octanol–water partition coefficient (Wildman–Crippen LogP) is 1.77. The summed E-state index contributed by atoms with van der Waals surface area (Å²) in [6, 6.07) is 2.26. The van der Waals surface area contributed by atoms with Crippen LogP contribution in [0.2, 0.25) is 0 Å². The monoisotopic (exact) mass is 306 g/mol. The average Bonchev–Trinajstić information content (AvgIpc) is 2.43. The smallest absolute Gasteiger partial charge is 0.422 e. The Kier molecular flexibility index (Phi) is 5.95. The molecule has 0 radical (unpaired) electrons. The fourth-order valence-electron chi connectivity index (χ4n) is 1.41. The first kappa shape index (κ1) is 17.2. The summed E-state index contributed by atoms with van der Waals surface area (Å²) in [5, 5.41) is 11.6. The number of pyridine rings is 1. The number of ether oxygens (including phenoxy) is 1. The number of hydrogen-bond acceptors (Lipinski definition) is 4. The van der Waals surface area contributed by atoms with E-state index in [1.807, 2.05) is 0 Å². The van der Waals surface area contributed by atoms with Gasteiger partial charge in [0, 0.05) is 18.8 Å². The molecule has 1 aromatic rings. The molecule has 1 amide bonds. The lowest BCUT2D eigenvalue weighted by Gasteiger charge is -2.19. The van der Waals surface area contributed by atoms with E-state index in [1.165, 1.54) is 18.3 Å². The van der Waals surface area contributed by atoms with Gasteiger partial charge in [-0.05, 0) is 25.0 Å². The normalized spacial score (nSPS) is 14.4. The lowest BCUT2D eigenvalue weighted by atomic mass is 10.1. The van der Waals surface area contributed by atoms with Crippen LogP contribution in [0.15, 0.2) is 18.3 Å². The first-order valence-electron chi connectivity index (χ1n) is 6.31. The molecule has 0 aromatic carbocycles. The standard InChI is InChI=1S/C13H17F3N2O3/c1-8(6-19)9(2)18-12(20)11-10(4-3-5-17-11)21-7-13(14,15)16/h3-5,8-9,19H,6-7H2,1-2H3,(H,18,20). The molecular weight excluding hydrogens is 289 g/mol. The number of aromatic nitrogens is 1. The van der Waals surface area contributed by atoms with Gasteiger partial charge in [0.15, 0.2) is 18.1 Å². The lowest BCUT2D eigenvalue weighted by Crippen LogP contribution is -2.39. The topological polar surface area (TPSA) is 71.5 Å². The number of halogens is 3. The van der Waals surface area contributed by atoms with Crippen LogP contribution in [0.3, 0.4) is 0 Å². The first-order valence-corrected chi connectivity index (χ1v) is 6.31. The van der Waals surface area contributed by atoms with Gasteiger partial charge in [0.25, 0.3) is 5.91 Å². The van der Waals surface area contributed by atoms with Crippen LogP contribution >= 0.6 is 0 Å². The summed E-state index contributed by atoms with van der Waals surface area (Å²) in [5.41, 5.74) is -0.223. The van der Waals surface area contributed by atoms with E-state index in [0.717, 1.165) is 0 Å². The van der Waals surface area contributed by atoms with E-state index in [2.05, 4.69) is 15.0 Å². The molecule has 0 saturated carbocycles. The number of nitrogens with zero attached hydrogens (tertiary/aromatic N) is 1. The van der Waals surface area contributed by atoms with Gasteiger partial charge in [0.2, 0.25) is 0 Å². The molecule has 0 bridgehead atoms. The Hall–Kier alpha value is -1.83. The minimum absolute atomic E-state index is 0.124. The van der Waals surface area contributed by atoms with Gasteiger partial charge in [-0.15, -0.1) is 0 Å². The summed E-state index contributed by atoms with van der Waals surface area (Å²) >= 11 is 0. The van der Waals surface area contributed by atoms with Crippen molar-refractivity contribution in [2.45, 2.75) is 26.1 Å². The number of alkyl halides is 3. The van der Waals surface area contributed by atoms with E-state index >= 15 is 0 Å². The average molecular weight is 306 g/mol. The van der Waals surface area contributed by atoms with Crippen molar-refractivity contribution in [3.05, 3.63) is 24.0 Å². The Bertz CT molecular complexity index is 480. The van der Waals surface area contributed by atoms with Crippen LogP contribution in [0.5, 0.6) is 5.75 Å². The van der Waals surface area contributed by atoms with Crippen LogP contribution in [0, 0.1) is 5.92 Å². The molecule has 2 atom stereocenters. The summed E-state index contributed by atoms with van der Waals surface area (Å²) in [7, 11) is 0. The molecular formula is C13H17F3N2O3. The number of carbonyl (C=O) groups excluding carboxylic acids is 1. The molecule has 2 unspecified atom stereocenters. The van der Waals surface area contributed by atoms with E-state index in [0.29, 0.717) is 0 Å².